The maximum atomic E-state index is 12.3. The second-order valence-electron chi connectivity index (χ2n) is 5.61. The summed E-state index contributed by atoms with van der Waals surface area (Å²) in [6, 6.07) is 7.76. The average Bonchev–Trinajstić information content (AvgIpc) is 2.61. The van der Waals surface area contributed by atoms with Gasteiger partial charge in [0.05, 0.1) is 18.8 Å². The normalized spacial score (nSPS) is 14.8. The Bertz CT molecular complexity index is 601. The monoisotopic (exact) mass is 363 g/mol. The molecule has 7 heteroatoms. The van der Waals surface area contributed by atoms with E-state index in [9.17, 15) is 9.59 Å². The summed E-state index contributed by atoms with van der Waals surface area (Å²) in [4.78, 5) is 28.8. The molecule has 1 N–H and O–H groups in total. The van der Waals surface area contributed by atoms with Crippen LogP contribution in [0.25, 0.3) is 0 Å². The van der Waals surface area contributed by atoms with E-state index in [-0.39, 0.29) is 12.0 Å². The maximum Gasteiger partial charge on any atom is 0.409 e. The molecule has 0 aromatic heterocycles. The molecule has 1 aliphatic rings. The number of carbonyl (C=O) groups excluding carboxylic acids is 2. The summed E-state index contributed by atoms with van der Waals surface area (Å²) in [5.41, 5.74) is 0.824. The predicted octanol–water partition coefficient (Wildman–Crippen LogP) is 2.68. The Balaban J connectivity index is 1.82. The molecule has 1 fully saturated rings. The van der Waals surface area contributed by atoms with Crippen LogP contribution in [-0.4, -0.2) is 66.9 Å². The number of benzene rings is 1. The van der Waals surface area contributed by atoms with Crippen molar-refractivity contribution in [1.82, 2.24) is 9.80 Å². The van der Waals surface area contributed by atoms with E-state index < -0.39 is 0 Å². The highest BCUT2D eigenvalue weighted by Crippen LogP contribution is 2.26. The molecule has 0 bridgehead atoms. The number of hydrogen-bond donors (Lipinski definition) is 1. The summed E-state index contributed by atoms with van der Waals surface area (Å²) >= 11 is 1.64. The number of amides is 2. The number of thioether (sulfide) groups is 1. The summed E-state index contributed by atoms with van der Waals surface area (Å²) in [6.45, 7) is 8.71. The Morgan fingerprint density at radius 1 is 1.28 bits per heavy atom. The molecule has 136 valence electrons. The molecular weight excluding hydrogens is 338 g/mol. The lowest BCUT2D eigenvalue weighted by molar-refractivity contribution is -0.117. The van der Waals surface area contributed by atoms with Crippen LogP contribution in [0, 0.1) is 0 Å². The summed E-state index contributed by atoms with van der Waals surface area (Å²) < 4.78 is 5.00. The van der Waals surface area contributed by atoms with Crippen LogP contribution in [0.3, 0.4) is 0 Å². The number of nitrogens with zero attached hydrogens (tertiary/aromatic N) is 2. The molecule has 6 nitrogen and oxygen atoms in total. The Morgan fingerprint density at radius 3 is 2.68 bits per heavy atom. The fourth-order valence-corrected chi connectivity index (χ4v) is 3.29. The number of ether oxygens (including phenoxy) is 1. The second kappa shape index (κ2) is 10.1. The van der Waals surface area contributed by atoms with Gasteiger partial charge in [-0.25, -0.2) is 4.79 Å². The number of nitrogens with one attached hydrogen (secondary N) is 1. The van der Waals surface area contributed by atoms with Gasteiger partial charge in [0.15, 0.2) is 0 Å². The number of carbonyl (C=O) groups is 2. The lowest BCUT2D eigenvalue weighted by Gasteiger charge is -2.33. The van der Waals surface area contributed by atoms with Gasteiger partial charge in [-0.2, -0.15) is 0 Å². The predicted molar refractivity (Wildman–Crippen MR) is 101 cm³/mol. The van der Waals surface area contributed by atoms with Crippen LogP contribution in [0.2, 0.25) is 0 Å². The molecule has 1 aromatic rings. The number of anilines is 1. The van der Waals surface area contributed by atoms with Crippen molar-refractivity contribution >= 4 is 29.4 Å². The highest BCUT2D eigenvalue weighted by molar-refractivity contribution is 7.99. The molecule has 0 saturated carbocycles. The smallest absolute Gasteiger partial charge is 0.409 e. The third kappa shape index (κ3) is 6.10. The molecule has 2 amide bonds. The molecule has 0 spiro atoms. The zero-order valence-corrected chi connectivity index (χ0v) is 15.4. The van der Waals surface area contributed by atoms with E-state index in [4.69, 9.17) is 4.74 Å². The van der Waals surface area contributed by atoms with E-state index in [0.29, 0.717) is 39.3 Å². The molecule has 0 atom stereocenters. The fourth-order valence-electron chi connectivity index (χ4n) is 2.54. The highest BCUT2D eigenvalue weighted by atomic mass is 32.2. The van der Waals surface area contributed by atoms with Gasteiger partial charge in [0.1, 0.15) is 0 Å². The van der Waals surface area contributed by atoms with E-state index in [1.165, 1.54) is 0 Å². The summed E-state index contributed by atoms with van der Waals surface area (Å²) in [6.07, 6.45) is 1.56. The number of hydrogen-bond acceptors (Lipinski definition) is 5. The summed E-state index contributed by atoms with van der Waals surface area (Å²) in [5.74, 6) is 0.749. The molecule has 2 rings (SSSR count). The molecule has 1 aliphatic heterocycles. The van der Waals surface area contributed by atoms with E-state index in [1.807, 2.05) is 35.2 Å². The van der Waals surface area contributed by atoms with Crippen molar-refractivity contribution in [3.63, 3.8) is 0 Å². The lowest BCUT2D eigenvalue weighted by Crippen LogP contribution is -2.50. The first kappa shape index (κ1) is 19.3. The van der Waals surface area contributed by atoms with Crippen LogP contribution in [0.1, 0.15) is 6.92 Å². The third-order valence-corrected chi connectivity index (χ3v) is 4.85. The second-order valence-corrected chi connectivity index (χ2v) is 6.67. The van der Waals surface area contributed by atoms with Gasteiger partial charge >= 0.3 is 6.09 Å². The molecule has 1 aromatic carbocycles. The van der Waals surface area contributed by atoms with Crippen molar-refractivity contribution in [3.05, 3.63) is 36.9 Å². The van der Waals surface area contributed by atoms with Crippen LogP contribution >= 0.6 is 11.8 Å². The van der Waals surface area contributed by atoms with Gasteiger partial charge in [0, 0.05) is 36.8 Å². The van der Waals surface area contributed by atoms with Crippen LogP contribution < -0.4 is 5.32 Å². The van der Waals surface area contributed by atoms with E-state index in [2.05, 4.69) is 11.9 Å². The van der Waals surface area contributed by atoms with Gasteiger partial charge < -0.3 is 15.0 Å². The van der Waals surface area contributed by atoms with E-state index in [0.717, 1.165) is 16.3 Å². The SMILES string of the molecule is C=CCSc1ccccc1NC(=O)CN1CCN(C(=O)OCC)CC1. The number of piperazine rings is 1. The van der Waals surface area contributed by atoms with Gasteiger partial charge in [-0.15, -0.1) is 18.3 Å². The molecule has 25 heavy (non-hydrogen) atoms. The Hall–Kier alpha value is -1.99. The minimum absolute atomic E-state index is 0.0452. The maximum absolute atomic E-state index is 12.3. The Labute approximate surface area is 153 Å². The summed E-state index contributed by atoms with van der Waals surface area (Å²) in [5, 5.41) is 2.98. The number of rotatable bonds is 7. The summed E-state index contributed by atoms with van der Waals surface area (Å²) in [7, 11) is 0. The van der Waals surface area contributed by atoms with Gasteiger partial charge in [-0.05, 0) is 19.1 Å². The van der Waals surface area contributed by atoms with Crippen LogP contribution in [-0.2, 0) is 9.53 Å². The first-order valence-electron chi connectivity index (χ1n) is 8.40. The minimum Gasteiger partial charge on any atom is -0.450 e. The Kier molecular flexibility index (Phi) is 7.81. The quantitative estimate of drug-likeness (QED) is 0.596. The topological polar surface area (TPSA) is 61.9 Å². The van der Waals surface area contributed by atoms with E-state index in [1.54, 1.807) is 23.6 Å². The van der Waals surface area contributed by atoms with Crippen LogP contribution in [0.5, 0.6) is 0 Å². The van der Waals surface area contributed by atoms with Crippen molar-refractivity contribution in [2.24, 2.45) is 0 Å². The lowest BCUT2D eigenvalue weighted by atomic mass is 10.3. The average molecular weight is 363 g/mol. The van der Waals surface area contributed by atoms with Crippen molar-refractivity contribution < 1.29 is 14.3 Å². The highest BCUT2D eigenvalue weighted by Gasteiger charge is 2.23. The van der Waals surface area contributed by atoms with Crippen molar-refractivity contribution in [2.75, 3.05) is 50.4 Å². The van der Waals surface area contributed by atoms with Crippen LogP contribution in [0.4, 0.5) is 10.5 Å². The van der Waals surface area contributed by atoms with Crippen molar-refractivity contribution in [2.45, 2.75) is 11.8 Å². The van der Waals surface area contributed by atoms with Gasteiger partial charge in [-0.1, -0.05) is 18.2 Å². The first-order chi connectivity index (χ1) is 12.1. The molecule has 1 heterocycles. The molecular formula is C18H25N3O3S. The number of para-hydroxylation sites is 1. The largest absolute Gasteiger partial charge is 0.450 e. The van der Waals surface area contributed by atoms with Crippen LogP contribution in [0.15, 0.2) is 41.8 Å². The fraction of sp³-hybridized carbons (Fsp3) is 0.444. The zero-order valence-electron chi connectivity index (χ0n) is 14.6. The van der Waals surface area contributed by atoms with Gasteiger partial charge in [0.25, 0.3) is 0 Å². The molecule has 0 radical (unpaired) electrons. The molecule has 0 aliphatic carbocycles. The standard InChI is InChI=1S/C18H25N3O3S/c1-3-13-25-16-8-6-5-7-15(16)19-17(22)14-20-9-11-21(12-10-20)18(23)24-4-2/h3,5-8H,1,4,9-14H2,2H3,(H,19,22). The third-order valence-electron chi connectivity index (χ3n) is 3.78. The van der Waals surface area contributed by atoms with E-state index >= 15 is 0 Å². The molecule has 1 saturated heterocycles. The van der Waals surface area contributed by atoms with Gasteiger partial charge in [-0.3, -0.25) is 9.69 Å². The Morgan fingerprint density at radius 2 is 2.00 bits per heavy atom. The van der Waals surface area contributed by atoms with Crippen molar-refractivity contribution in [3.8, 4) is 0 Å². The molecule has 0 unspecified atom stereocenters. The zero-order chi connectivity index (χ0) is 18.1. The van der Waals surface area contributed by atoms with Crippen molar-refractivity contribution in [1.29, 1.82) is 0 Å². The van der Waals surface area contributed by atoms with Gasteiger partial charge in [0.2, 0.25) is 5.91 Å². The minimum atomic E-state index is -0.278. The first-order valence-corrected chi connectivity index (χ1v) is 9.39.